The Hall–Kier alpha value is -3.05. The topological polar surface area (TPSA) is 88.2 Å². The van der Waals surface area contributed by atoms with Crippen LogP contribution in [-0.4, -0.2) is 109 Å². The number of hydrogen-bond donors (Lipinski definition) is 2. The molecular formula is C35H44ClFN6O3. The summed E-state index contributed by atoms with van der Waals surface area (Å²) in [5, 5.41) is 7.13. The number of fused-ring (bicyclic) bond motifs is 2. The molecule has 0 radical (unpaired) electrons. The molecule has 2 N–H and O–H groups in total. The van der Waals surface area contributed by atoms with E-state index in [1.165, 1.54) is 6.07 Å². The van der Waals surface area contributed by atoms with E-state index in [1.54, 1.807) is 40.1 Å². The molecule has 4 fully saturated rings. The van der Waals surface area contributed by atoms with Crippen LogP contribution in [0, 0.1) is 11.7 Å². The largest absolute Gasteiger partial charge is 0.337 e. The van der Waals surface area contributed by atoms with Gasteiger partial charge in [0.15, 0.2) is 0 Å². The Morgan fingerprint density at radius 1 is 0.891 bits per heavy atom. The van der Waals surface area contributed by atoms with Crippen molar-refractivity contribution < 1.29 is 18.8 Å². The lowest BCUT2D eigenvalue weighted by Gasteiger charge is -2.43. The van der Waals surface area contributed by atoms with Crippen molar-refractivity contribution in [2.24, 2.45) is 5.92 Å². The van der Waals surface area contributed by atoms with Crippen LogP contribution in [0.25, 0.3) is 11.1 Å². The van der Waals surface area contributed by atoms with Crippen LogP contribution >= 0.6 is 11.6 Å². The minimum Gasteiger partial charge on any atom is -0.337 e. The summed E-state index contributed by atoms with van der Waals surface area (Å²) in [6.07, 6.45) is 6.84. The predicted octanol–water partition coefficient (Wildman–Crippen LogP) is 3.75. The van der Waals surface area contributed by atoms with Crippen LogP contribution in [0.1, 0.15) is 55.3 Å². The first-order valence-electron chi connectivity index (χ1n) is 17.1. The number of halogens is 2. The normalized spacial score (nSPS) is 25.0. The van der Waals surface area contributed by atoms with Crippen molar-refractivity contribution in [2.45, 2.75) is 63.1 Å². The van der Waals surface area contributed by atoms with Crippen molar-refractivity contribution in [3.05, 3.63) is 52.8 Å². The first-order valence-corrected chi connectivity index (χ1v) is 17.4. The molecule has 0 aliphatic carbocycles. The Labute approximate surface area is 275 Å². The van der Waals surface area contributed by atoms with Crippen molar-refractivity contribution in [1.29, 1.82) is 0 Å². The fourth-order valence-electron chi connectivity index (χ4n) is 8.28. The monoisotopic (exact) mass is 650 g/mol. The number of benzene rings is 2. The van der Waals surface area contributed by atoms with Gasteiger partial charge in [-0.2, -0.15) is 0 Å². The molecule has 4 saturated heterocycles. The molecule has 7 rings (SSSR count). The van der Waals surface area contributed by atoms with Gasteiger partial charge in [0.05, 0.1) is 23.8 Å². The smallest absolute Gasteiger partial charge is 0.256 e. The third-order valence-corrected chi connectivity index (χ3v) is 11.1. The Bertz CT molecular complexity index is 1480. The first kappa shape index (κ1) is 31.5. The summed E-state index contributed by atoms with van der Waals surface area (Å²) in [6, 6.07) is 9.25. The lowest BCUT2D eigenvalue weighted by atomic mass is 9.94. The Balaban J connectivity index is 1.17. The number of piperidine rings is 2. The second kappa shape index (κ2) is 13.6. The van der Waals surface area contributed by atoms with Gasteiger partial charge < -0.3 is 25.3 Å². The number of carbonyl (C=O) groups excluding carboxylic acids is 3. The quantitative estimate of drug-likeness (QED) is 0.496. The summed E-state index contributed by atoms with van der Waals surface area (Å²) in [5.74, 6) is -0.297. The van der Waals surface area contributed by atoms with Crippen LogP contribution in [0.2, 0.25) is 5.02 Å². The van der Waals surface area contributed by atoms with Crippen LogP contribution in [0.4, 0.5) is 10.1 Å². The van der Waals surface area contributed by atoms with Crippen molar-refractivity contribution in [3.63, 3.8) is 0 Å². The SMILES string of the molecule is O=C(C1CCCN1C1CCNCC1)N1CCN2C(=O)c3cc(-c4ccc(Cl)cc4F)ccc3N(CCC3CCNCC3)C(=O)C2C1. The van der Waals surface area contributed by atoms with Crippen molar-refractivity contribution >= 4 is 35.0 Å². The summed E-state index contributed by atoms with van der Waals surface area (Å²) in [7, 11) is 0. The standard InChI is InChI=1S/C35H44ClFN6O3/c36-25-4-5-27(29(37)21-25)24-3-6-30-28(20-24)33(44)43-19-18-40(34(45)31-2-1-16-41(31)26-9-14-39-15-10-26)22-32(43)35(46)42(30)17-11-23-7-12-38-13-8-23/h3-6,20-21,23,26,31-32,38-39H,1-2,7-19,22H2. The van der Waals surface area contributed by atoms with E-state index in [9.17, 15) is 18.8 Å². The van der Waals surface area contributed by atoms with Crippen LogP contribution in [-0.2, 0) is 9.59 Å². The van der Waals surface area contributed by atoms with Gasteiger partial charge in [0, 0.05) is 36.3 Å². The lowest BCUT2D eigenvalue weighted by molar-refractivity contribution is -0.141. The van der Waals surface area contributed by atoms with E-state index in [4.69, 9.17) is 11.6 Å². The Morgan fingerprint density at radius 3 is 2.41 bits per heavy atom. The number of likely N-dealkylation sites (tertiary alicyclic amines) is 1. The molecule has 5 aliphatic heterocycles. The summed E-state index contributed by atoms with van der Waals surface area (Å²) < 4.78 is 15.0. The molecule has 0 saturated carbocycles. The Morgan fingerprint density at radius 2 is 1.65 bits per heavy atom. The first-order chi connectivity index (χ1) is 22.4. The average Bonchev–Trinajstić information content (AvgIpc) is 3.56. The molecule has 0 spiro atoms. The van der Waals surface area contributed by atoms with Gasteiger partial charge in [-0.15, -0.1) is 0 Å². The molecule has 5 heterocycles. The van der Waals surface area contributed by atoms with Crippen molar-refractivity contribution in [1.82, 2.24) is 25.3 Å². The van der Waals surface area contributed by atoms with Gasteiger partial charge in [0.1, 0.15) is 11.9 Å². The van der Waals surface area contributed by atoms with E-state index in [-0.39, 0.29) is 36.9 Å². The molecule has 2 aromatic rings. The highest BCUT2D eigenvalue weighted by atomic mass is 35.5. The highest BCUT2D eigenvalue weighted by Gasteiger charge is 2.46. The third-order valence-electron chi connectivity index (χ3n) is 10.8. The molecular weight excluding hydrogens is 607 g/mol. The molecule has 5 aliphatic rings. The van der Waals surface area contributed by atoms with Crippen molar-refractivity contribution in [3.8, 4) is 11.1 Å². The number of piperazine rings is 1. The zero-order valence-electron chi connectivity index (χ0n) is 26.4. The molecule has 2 unspecified atom stereocenters. The summed E-state index contributed by atoms with van der Waals surface area (Å²) in [4.78, 5) is 50.5. The fraction of sp³-hybridized carbons (Fsp3) is 0.571. The highest BCUT2D eigenvalue weighted by molar-refractivity contribution is 6.30. The Kier molecular flexibility index (Phi) is 9.32. The van der Waals surface area contributed by atoms with Gasteiger partial charge >= 0.3 is 0 Å². The maximum atomic E-state index is 15.0. The maximum absolute atomic E-state index is 15.0. The number of hydrogen-bond acceptors (Lipinski definition) is 6. The zero-order chi connectivity index (χ0) is 31.8. The molecule has 246 valence electrons. The van der Waals surface area contributed by atoms with Gasteiger partial charge in [-0.25, -0.2) is 4.39 Å². The summed E-state index contributed by atoms with van der Waals surface area (Å²) >= 11 is 6.02. The second-order valence-corrected chi connectivity index (χ2v) is 13.9. The minimum atomic E-state index is -0.768. The van der Waals surface area contributed by atoms with Crippen LogP contribution in [0.3, 0.4) is 0 Å². The molecule has 0 aromatic heterocycles. The van der Waals surface area contributed by atoms with Gasteiger partial charge in [-0.1, -0.05) is 17.7 Å². The van der Waals surface area contributed by atoms with Crippen molar-refractivity contribution in [2.75, 3.05) is 63.8 Å². The second-order valence-electron chi connectivity index (χ2n) is 13.5. The van der Waals surface area contributed by atoms with E-state index >= 15 is 0 Å². The molecule has 3 amide bonds. The summed E-state index contributed by atoms with van der Waals surface area (Å²) in [5.41, 5.74) is 1.85. The van der Waals surface area contributed by atoms with Crippen LogP contribution in [0.5, 0.6) is 0 Å². The van der Waals surface area contributed by atoms with Gasteiger partial charge in [0.25, 0.3) is 11.8 Å². The van der Waals surface area contributed by atoms with E-state index < -0.39 is 11.9 Å². The molecule has 46 heavy (non-hydrogen) atoms. The van der Waals surface area contributed by atoms with Gasteiger partial charge in [-0.3, -0.25) is 19.3 Å². The lowest BCUT2D eigenvalue weighted by Crippen LogP contribution is -2.63. The highest BCUT2D eigenvalue weighted by Crippen LogP contribution is 2.36. The number of anilines is 1. The number of rotatable bonds is 6. The number of amides is 3. The third kappa shape index (κ3) is 6.17. The predicted molar refractivity (Wildman–Crippen MR) is 176 cm³/mol. The van der Waals surface area contributed by atoms with Gasteiger partial charge in [-0.05, 0) is 119 Å². The molecule has 0 bridgehead atoms. The zero-order valence-corrected chi connectivity index (χ0v) is 27.1. The molecule has 2 aromatic carbocycles. The van der Waals surface area contributed by atoms with Crippen LogP contribution < -0.4 is 15.5 Å². The fourth-order valence-corrected chi connectivity index (χ4v) is 8.44. The number of nitrogens with zero attached hydrogens (tertiary/aromatic N) is 4. The number of nitrogens with one attached hydrogen (secondary N) is 2. The van der Waals surface area contributed by atoms with E-state index in [0.717, 1.165) is 77.7 Å². The van der Waals surface area contributed by atoms with Crippen LogP contribution in [0.15, 0.2) is 36.4 Å². The van der Waals surface area contributed by atoms with Gasteiger partial charge in [0.2, 0.25) is 5.91 Å². The molecule has 9 nitrogen and oxygen atoms in total. The number of carbonyl (C=O) groups is 3. The molecule has 2 atom stereocenters. The minimum absolute atomic E-state index is 0.0828. The average molecular weight is 651 g/mol. The maximum Gasteiger partial charge on any atom is 0.256 e. The molecule has 11 heteroatoms. The van der Waals surface area contributed by atoms with E-state index in [1.807, 2.05) is 4.90 Å². The van der Waals surface area contributed by atoms with E-state index in [0.29, 0.717) is 52.4 Å². The van der Waals surface area contributed by atoms with E-state index in [2.05, 4.69) is 15.5 Å². The summed E-state index contributed by atoms with van der Waals surface area (Å²) in [6.45, 7) is 6.15.